The van der Waals surface area contributed by atoms with Gasteiger partial charge in [0, 0.05) is 11.6 Å². The number of hydrogen-bond donors (Lipinski definition) is 2. The highest BCUT2D eigenvalue weighted by atomic mass is 79.9. The van der Waals surface area contributed by atoms with Gasteiger partial charge in [-0.1, -0.05) is 28.1 Å². The van der Waals surface area contributed by atoms with E-state index in [1.165, 1.54) is 5.56 Å². The number of nitrogens with one attached hydrogen (secondary N) is 1. The fraction of sp³-hybridized carbons (Fsp3) is 0.188. The minimum absolute atomic E-state index is 0.0192. The van der Waals surface area contributed by atoms with Crippen molar-refractivity contribution in [3.05, 3.63) is 58.1 Å². The van der Waals surface area contributed by atoms with E-state index in [9.17, 15) is 0 Å². The Kier molecular flexibility index (Phi) is 5.36. The molecule has 0 radical (unpaired) electrons. The van der Waals surface area contributed by atoms with E-state index in [0.29, 0.717) is 23.7 Å². The lowest BCUT2D eigenvalue weighted by molar-refractivity contribution is 0.202. The summed E-state index contributed by atoms with van der Waals surface area (Å²) in [6.45, 7) is 0.695. The minimum atomic E-state index is -0.0192. The average molecular weight is 349 g/mol. The highest BCUT2D eigenvalue weighted by molar-refractivity contribution is 9.10. The van der Waals surface area contributed by atoms with Crippen molar-refractivity contribution in [3.63, 3.8) is 0 Å². The number of halogens is 1. The molecule has 21 heavy (non-hydrogen) atoms. The standard InChI is InChI=1S/C16H17BrN2O2/c1-20-9-8-11-2-5-13(6-3-11)21-15-10-12(17)4-7-14(15)16(18)19/h2-7,10H,8-9H2,1H3,(H3,18,19). The van der Waals surface area contributed by atoms with Gasteiger partial charge in [0.1, 0.15) is 17.3 Å². The first kappa shape index (κ1) is 15.5. The van der Waals surface area contributed by atoms with Crippen molar-refractivity contribution >= 4 is 21.8 Å². The quantitative estimate of drug-likeness (QED) is 0.617. The molecule has 0 aliphatic carbocycles. The molecule has 0 unspecified atom stereocenters. The van der Waals surface area contributed by atoms with Crippen molar-refractivity contribution in [1.29, 1.82) is 5.41 Å². The zero-order valence-corrected chi connectivity index (χ0v) is 13.3. The van der Waals surface area contributed by atoms with Crippen LogP contribution in [0.15, 0.2) is 46.9 Å². The van der Waals surface area contributed by atoms with Gasteiger partial charge in [-0.25, -0.2) is 0 Å². The third-order valence-electron chi connectivity index (χ3n) is 2.98. The van der Waals surface area contributed by atoms with Crippen molar-refractivity contribution in [3.8, 4) is 11.5 Å². The van der Waals surface area contributed by atoms with E-state index in [1.807, 2.05) is 30.3 Å². The predicted molar refractivity (Wildman–Crippen MR) is 87.3 cm³/mol. The van der Waals surface area contributed by atoms with Crippen molar-refractivity contribution < 1.29 is 9.47 Å². The third kappa shape index (κ3) is 4.31. The van der Waals surface area contributed by atoms with E-state index < -0.39 is 0 Å². The van der Waals surface area contributed by atoms with E-state index in [0.717, 1.165) is 10.9 Å². The molecular formula is C16H17BrN2O2. The summed E-state index contributed by atoms with van der Waals surface area (Å²) in [6, 6.07) is 13.2. The Labute approximate surface area is 132 Å². The van der Waals surface area contributed by atoms with E-state index in [2.05, 4.69) is 15.9 Å². The summed E-state index contributed by atoms with van der Waals surface area (Å²) < 4.78 is 11.8. The molecular weight excluding hydrogens is 332 g/mol. The number of benzene rings is 2. The fourth-order valence-corrected chi connectivity index (χ4v) is 2.21. The van der Waals surface area contributed by atoms with Crippen LogP contribution in [0.4, 0.5) is 0 Å². The molecule has 2 rings (SSSR count). The van der Waals surface area contributed by atoms with Gasteiger partial charge >= 0.3 is 0 Å². The molecule has 0 heterocycles. The van der Waals surface area contributed by atoms with Crippen molar-refractivity contribution in [2.75, 3.05) is 13.7 Å². The number of methoxy groups -OCH3 is 1. The SMILES string of the molecule is COCCc1ccc(Oc2cc(Br)ccc2C(=N)N)cc1. The van der Waals surface area contributed by atoms with Crippen LogP contribution in [0.1, 0.15) is 11.1 Å². The first-order valence-electron chi connectivity index (χ1n) is 6.50. The molecule has 2 aromatic carbocycles. The maximum Gasteiger partial charge on any atom is 0.139 e. The van der Waals surface area contributed by atoms with Crippen LogP contribution in [0.25, 0.3) is 0 Å². The maximum absolute atomic E-state index is 7.59. The number of hydrogen-bond acceptors (Lipinski definition) is 3. The first-order chi connectivity index (χ1) is 10.1. The molecule has 3 N–H and O–H groups in total. The number of amidine groups is 1. The van der Waals surface area contributed by atoms with Gasteiger partial charge in [0.25, 0.3) is 0 Å². The lowest BCUT2D eigenvalue weighted by atomic mass is 10.1. The second-order valence-corrected chi connectivity index (χ2v) is 5.46. The lowest BCUT2D eigenvalue weighted by Crippen LogP contribution is -2.12. The molecule has 2 aromatic rings. The van der Waals surface area contributed by atoms with Gasteiger partial charge in [0.05, 0.1) is 12.2 Å². The Balaban J connectivity index is 2.18. The Morgan fingerprint density at radius 1 is 1.19 bits per heavy atom. The van der Waals surface area contributed by atoms with Gasteiger partial charge in [0.2, 0.25) is 0 Å². The van der Waals surface area contributed by atoms with Crippen LogP contribution in [-0.2, 0) is 11.2 Å². The molecule has 4 nitrogen and oxygen atoms in total. The first-order valence-corrected chi connectivity index (χ1v) is 7.29. The molecule has 0 fully saturated rings. The topological polar surface area (TPSA) is 68.3 Å². The largest absolute Gasteiger partial charge is 0.457 e. The van der Waals surface area contributed by atoms with Crippen LogP contribution in [0.3, 0.4) is 0 Å². The molecule has 0 atom stereocenters. The number of rotatable bonds is 6. The molecule has 0 aromatic heterocycles. The molecule has 0 saturated heterocycles. The van der Waals surface area contributed by atoms with Gasteiger partial charge in [-0.05, 0) is 42.3 Å². The maximum atomic E-state index is 7.59. The highest BCUT2D eigenvalue weighted by Gasteiger charge is 2.08. The summed E-state index contributed by atoms with van der Waals surface area (Å²) >= 11 is 3.39. The number of nitrogen functional groups attached to an aromatic ring is 1. The van der Waals surface area contributed by atoms with Gasteiger partial charge in [0.15, 0.2) is 0 Å². The Morgan fingerprint density at radius 3 is 2.52 bits per heavy atom. The fourth-order valence-electron chi connectivity index (χ4n) is 1.87. The van der Waals surface area contributed by atoms with E-state index >= 15 is 0 Å². The zero-order valence-electron chi connectivity index (χ0n) is 11.7. The van der Waals surface area contributed by atoms with E-state index in [4.69, 9.17) is 20.6 Å². The third-order valence-corrected chi connectivity index (χ3v) is 3.47. The summed E-state index contributed by atoms with van der Waals surface area (Å²) in [5.41, 5.74) is 7.33. The van der Waals surface area contributed by atoms with Crippen LogP contribution in [-0.4, -0.2) is 19.6 Å². The molecule has 110 valence electrons. The second-order valence-electron chi connectivity index (χ2n) is 4.54. The van der Waals surface area contributed by atoms with Crippen molar-refractivity contribution in [2.45, 2.75) is 6.42 Å². The molecule has 0 saturated carbocycles. The van der Waals surface area contributed by atoms with Gasteiger partial charge in [-0.2, -0.15) is 0 Å². The second kappa shape index (κ2) is 7.24. The molecule has 0 bridgehead atoms. The van der Waals surface area contributed by atoms with Crippen molar-refractivity contribution in [2.24, 2.45) is 5.73 Å². The van der Waals surface area contributed by atoms with Gasteiger partial charge < -0.3 is 15.2 Å². The van der Waals surface area contributed by atoms with Crippen LogP contribution in [0.2, 0.25) is 0 Å². The van der Waals surface area contributed by atoms with Gasteiger partial charge in [-0.3, -0.25) is 5.41 Å². The monoisotopic (exact) mass is 348 g/mol. The van der Waals surface area contributed by atoms with E-state index in [1.54, 1.807) is 19.2 Å². The Hall–Kier alpha value is -1.85. The summed E-state index contributed by atoms with van der Waals surface area (Å²) in [7, 11) is 1.69. The van der Waals surface area contributed by atoms with Gasteiger partial charge in [-0.15, -0.1) is 0 Å². The molecule has 0 aliphatic heterocycles. The number of nitrogens with two attached hydrogens (primary N) is 1. The summed E-state index contributed by atoms with van der Waals surface area (Å²) in [5.74, 6) is 1.24. The minimum Gasteiger partial charge on any atom is -0.457 e. The summed E-state index contributed by atoms with van der Waals surface area (Å²) in [4.78, 5) is 0. The average Bonchev–Trinajstić information content (AvgIpc) is 2.46. The molecule has 5 heteroatoms. The normalized spacial score (nSPS) is 10.4. The zero-order chi connectivity index (χ0) is 15.2. The Bertz CT molecular complexity index is 627. The smallest absolute Gasteiger partial charge is 0.139 e. The molecule has 0 spiro atoms. The van der Waals surface area contributed by atoms with E-state index in [-0.39, 0.29) is 5.84 Å². The van der Waals surface area contributed by atoms with Crippen LogP contribution in [0.5, 0.6) is 11.5 Å². The lowest BCUT2D eigenvalue weighted by Gasteiger charge is -2.11. The van der Waals surface area contributed by atoms with Crippen molar-refractivity contribution in [1.82, 2.24) is 0 Å². The Morgan fingerprint density at radius 2 is 1.90 bits per heavy atom. The summed E-state index contributed by atoms with van der Waals surface area (Å²) in [5, 5.41) is 7.59. The molecule has 0 amide bonds. The summed E-state index contributed by atoms with van der Waals surface area (Å²) in [6.07, 6.45) is 0.867. The van der Waals surface area contributed by atoms with Crippen LogP contribution in [0, 0.1) is 5.41 Å². The predicted octanol–water partition coefficient (Wildman–Crippen LogP) is 3.71. The van der Waals surface area contributed by atoms with Crippen LogP contribution >= 0.6 is 15.9 Å². The van der Waals surface area contributed by atoms with Crippen LogP contribution < -0.4 is 10.5 Å². The number of ether oxygens (including phenoxy) is 2. The highest BCUT2D eigenvalue weighted by Crippen LogP contribution is 2.28. The molecule has 0 aliphatic rings.